The highest BCUT2D eigenvalue weighted by Crippen LogP contribution is 2.36. The van der Waals surface area contributed by atoms with Gasteiger partial charge in [-0.3, -0.25) is 0 Å². The van der Waals surface area contributed by atoms with Gasteiger partial charge >= 0.3 is 0 Å². The summed E-state index contributed by atoms with van der Waals surface area (Å²) >= 11 is 0. The van der Waals surface area contributed by atoms with E-state index in [2.05, 4.69) is 29.2 Å². The molecule has 3 heteroatoms. The first kappa shape index (κ1) is 11.9. The van der Waals surface area contributed by atoms with Crippen LogP contribution in [0.5, 0.6) is 0 Å². The van der Waals surface area contributed by atoms with Gasteiger partial charge in [-0.25, -0.2) is 0 Å². The van der Waals surface area contributed by atoms with Gasteiger partial charge in [0.2, 0.25) is 0 Å². The Bertz CT molecular complexity index is 248. The van der Waals surface area contributed by atoms with Crippen LogP contribution >= 0.6 is 0 Å². The molecule has 2 bridgehead atoms. The molecule has 3 aliphatic rings. The zero-order chi connectivity index (χ0) is 11.8. The van der Waals surface area contributed by atoms with Crippen molar-refractivity contribution in [1.82, 2.24) is 15.1 Å². The predicted molar refractivity (Wildman–Crippen MR) is 71.2 cm³/mol. The molecule has 2 atom stereocenters. The standard InChI is InChI=1S/C14H27N3/c1-16(11-5-7-15-8-6-11)14-9-12-3-4-13(10-14)17(12)2/h11-15H,3-10H2,1-2H3. The molecule has 0 aromatic rings. The highest BCUT2D eigenvalue weighted by Gasteiger charge is 2.40. The molecule has 3 fully saturated rings. The second kappa shape index (κ2) is 4.87. The zero-order valence-electron chi connectivity index (χ0n) is 11.4. The summed E-state index contributed by atoms with van der Waals surface area (Å²) in [5.74, 6) is 0. The molecular weight excluding hydrogens is 210 g/mol. The molecule has 3 nitrogen and oxygen atoms in total. The van der Waals surface area contributed by atoms with Gasteiger partial charge in [0.1, 0.15) is 0 Å². The molecule has 0 amide bonds. The van der Waals surface area contributed by atoms with E-state index in [4.69, 9.17) is 0 Å². The van der Waals surface area contributed by atoms with E-state index in [0.717, 1.165) is 24.2 Å². The van der Waals surface area contributed by atoms with E-state index < -0.39 is 0 Å². The maximum Gasteiger partial charge on any atom is 0.0125 e. The van der Waals surface area contributed by atoms with E-state index >= 15 is 0 Å². The van der Waals surface area contributed by atoms with Crippen molar-refractivity contribution < 1.29 is 0 Å². The summed E-state index contributed by atoms with van der Waals surface area (Å²) in [5.41, 5.74) is 0. The van der Waals surface area contributed by atoms with Gasteiger partial charge in [0, 0.05) is 24.2 Å². The summed E-state index contributed by atoms with van der Waals surface area (Å²) in [6.45, 7) is 2.43. The highest BCUT2D eigenvalue weighted by atomic mass is 15.2. The first-order valence-corrected chi connectivity index (χ1v) is 7.40. The Balaban J connectivity index is 1.61. The molecule has 1 N–H and O–H groups in total. The summed E-state index contributed by atoms with van der Waals surface area (Å²) < 4.78 is 0. The minimum atomic E-state index is 0.837. The summed E-state index contributed by atoms with van der Waals surface area (Å²) in [7, 11) is 4.72. The molecule has 0 spiro atoms. The summed E-state index contributed by atoms with van der Waals surface area (Å²) in [5, 5.41) is 3.47. The van der Waals surface area contributed by atoms with Gasteiger partial charge in [-0.05, 0) is 65.7 Å². The van der Waals surface area contributed by atoms with Crippen LogP contribution < -0.4 is 5.32 Å². The van der Waals surface area contributed by atoms with Gasteiger partial charge in [0.15, 0.2) is 0 Å². The Hall–Kier alpha value is -0.120. The monoisotopic (exact) mass is 237 g/mol. The molecule has 2 unspecified atom stereocenters. The van der Waals surface area contributed by atoms with Gasteiger partial charge in [-0.2, -0.15) is 0 Å². The number of hydrogen-bond acceptors (Lipinski definition) is 3. The number of hydrogen-bond donors (Lipinski definition) is 1. The molecule has 3 rings (SSSR count). The molecule has 0 saturated carbocycles. The maximum absolute atomic E-state index is 3.47. The van der Waals surface area contributed by atoms with Crippen molar-refractivity contribution >= 4 is 0 Å². The van der Waals surface area contributed by atoms with Crippen LogP contribution in [0.15, 0.2) is 0 Å². The number of nitrogens with zero attached hydrogens (tertiary/aromatic N) is 2. The third-order valence-corrected chi connectivity index (χ3v) is 5.53. The van der Waals surface area contributed by atoms with E-state index in [0.29, 0.717) is 0 Å². The molecule has 0 aromatic heterocycles. The van der Waals surface area contributed by atoms with Gasteiger partial charge < -0.3 is 15.1 Å². The lowest BCUT2D eigenvalue weighted by Gasteiger charge is -2.44. The van der Waals surface area contributed by atoms with Crippen molar-refractivity contribution in [3.63, 3.8) is 0 Å². The lowest BCUT2D eigenvalue weighted by atomic mass is 9.94. The van der Waals surface area contributed by atoms with Gasteiger partial charge in [0.25, 0.3) is 0 Å². The zero-order valence-corrected chi connectivity index (χ0v) is 11.4. The average molecular weight is 237 g/mol. The molecule has 0 radical (unpaired) electrons. The number of fused-ring (bicyclic) bond motifs is 2. The van der Waals surface area contributed by atoms with Crippen molar-refractivity contribution in [3.8, 4) is 0 Å². The molecule has 3 aliphatic heterocycles. The van der Waals surface area contributed by atoms with Crippen molar-refractivity contribution in [1.29, 1.82) is 0 Å². The van der Waals surface area contributed by atoms with Crippen LogP contribution in [0.2, 0.25) is 0 Å². The van der Waals surface area contributed by atoms with Gasteiger partial charge in [-0.15, -0.1) is 0 Å². The topological polar surface area (TPSA) is 18.5 Å². The third kappa shape index (κ3) is 2.25. The van der Waals surface area contributed by atoms with Crippen LogP contribution in [0.3, 0.4) is 0 Å². The number of nitrogens with one attached hydrogen (secondary N) is 1. The summed E-state index contributed by atoms with van der Waals surface area (Å²) in [6, 6.07) is 3.45. The van der Waals surface area contributed by atoms with E-state index in [1.165, 1.54) is 51.6 Å². The lowest BCUT2D eigenvalue weighted by Crippen LogP contribution is -2.52. The lowest BCUT2D eigenvalue weighted by molar-refractivity contribution is 0.0569. The van der Waals surface area contributed by atoms with Crippen molar-refractivity contribution in [2.24, 2.45) is 0 Å². The number of rotatable bonds is 2. The van der Waals surface area contributed by atoms with Crippen LogP contribution in [-0.2, 0) is 0 Å². The minimum absolute atomic E-state index is 0.837. The van der Waals surface area contributed by atoms with Crippen molar-refractivity contribution in [3.05, 3.63) is 0 Å². The van der Waals surface area contributed by atoms with Crippen LogP contribution in [0, 0.1) is 0 Å². The van der Waals surface area contributed by atoms with Gasteiger partial charge in [0.05, 0.1) is 0 Å². The molecule has 0 aliphatic carbocycles. The van der Waals surface area contributed by atoms with Crippen LogP contribution in [0.25, 0.3) is 0 Å². The first-order chi connectivity index (χ1) is 8.25. The minimum Gasteiger partial charge on any atom is -0.317 e. The fraction of sp³-hybridized carbons (Fsp3) is 1.00. The van der Waals surface area contributed by atoms with Crippen LogP contribution in [0.4, 0.5) is 0 Å². The maximum atomic E-state index is 3.47. The largest absolute Gasteiger partial charge is 0.317 e. The third-order valence-electron chi connectivity index (χ3n) is 5.53. The van der Waals surface area contributed by atoms with E-state index in [1.807, 2.05) is 0 Å². The van der Waals surface area contributed by atoms with E-state index in [9.17, 15) is 0 Å². The molecule has 3 saturated heterocycles. The van der Waals surface area contributed by atoms with Gasteiger partial charge in [-0.1, -0.05) is 0 Å². The quantitative estimate of drug-likeness (QED) is 0.781. The Morgan fingerprint density at radius 2 is 1.53 bits per heavy atom. The molecule has 3 heterocycles. The Morgan fingerprint density at radius 1 is 0.941 bits per heavy atom. The summed E-state index contributed by atoms with van der Waals surface area (Å²) in [6.07, 6.45) is 8.40. The fourth-order valence-electron chi connectivity index (χ4n) is 4.23. The smallest absolute Gasteiger partial charge is 0.0125 e. The van der Waals surface area contributed by atoms with Crippen molar-refractivity contribution in [2.75, 3.05) is 27.2 Å². The Morgan fingerprint density at radius 3 is 2.12 bits per heavy atom. The number of piperidine rings is 2. The fourth-order valence-corrected chi connectivity index (χ4v) is 4.23. The molecule has 0 aromatic carbocycles. The second-order valence-corrected chi connectivity index (χ2v) is 6.32. The van der Waals surface area contributed by atoms with Crippen LogP contribution in [-0.4, -0.2) is 61.2 Å². The summed E-state index contributed by atoms with van der Waals surface area (Å²) in [4.78, 5) is 5.37. The normalized spacial score (nSPS) is 40.1. The van der Waals surface area contributed by atoms with Crippen LogP contribution in [0.1, 0.15) is 38.5 Å². The Labute approximate surface area is 106 Å². The Kier molecular flexibility index (Phi) is 3.42. The second-order valence-electron chi connectivity index (χ2n) is 6.32. The first-order valence-electron chi connectivity index (χ1n) is 7.40. The predicted octanol–water partition coefficient (Wildman–Crippen LogP) is 1.30. The molecule has 17 heavy (non-hydrogen) atoms. The molecule has 98 valence electrons. The molecular formula is C14H27N3. The van der Waals surface area contributed by atoms with Crippen molar-refractivity contribution in [2.45, 2.75) is 62.7 Å². The van der Waals surface area contributed by atoms with E-state index in [-0.39, 0.29) is 0 Å². The SMILES string of the molecule is CN1C2CCC1CC(N(C)C1CCNCC1)C2. The highest BCUT2D eigenvalue weighted by molar-refractivity contribution is 4.97. The van der Waals surface area contributed by atoms with E-state index in [1.54, 1.807) is 0 Å². The average Bonchev–Trinajstić information content (AvgIpc) is 2.61.